The summed E-state index contributed by atoms with van der Waals surface area (Å²) in [4.78, 5) is 10.2. The van der Waals surface area contributed by atoms with E-state index in [-0.39, 0.29) is 5.69 Å². The van der Waals surface area contributed by atoms with Gasteiger partial charge in [0.05, 0.1) is 16.3 Å². The number of non-ortho nitro benzene ring substituents is 1. The van der Waals surface area contributed by atoms with E-state index in [9.17, 15) is 10.1 Å². The fourth-order valence-electron chi connectivity index (χ4n) is 1.33. The van der Waals surface area contributed by atoms with E-state index in [1.165, 1.54) is 12.1 Å². The highest BCUT2D eigenvalue weighted by Crippen LogP contribution is 2.16. The Bertz CT molecular complexity index is 524. The van der Waals surface area contributed by atoms with E-state index >= 15 is 0 Å². The molecule has 2 rings (SSSR count). The Balaban J connectivity index is 2.40. The highest BCUT2D eigenvalue weighted by atomic mass is 79.9. The fourth-order valence-corrected chi connectivity index (χ4v) is 1.62. The maximum Gasteiger partial charge on any atom is 0.271 e. The molecule has 1 aromatic heterocycles. The van der Waals surface area contributed by atoms with E-state index < -0.39 is 4.92 Å². The molecule has 6 heteroatoms. The zero-order valence-electron chi connectivity index (χ0n) is 8.21. The molecule has 0 aliphatic heterocycles. The summed E-state index contributed by atoms with van der Waals surface area (Å²) in [5.41, 5.74) is 1.63. The van der Waals surface area contributed by atoms with Gasteiger partial charge in [0.1, 0.15) is 0 Å². The van der Waals surface area contributed by atoms with Crippen LogP contribution in [-0.2, 0) is 5.33 Å². The van der Waals surface area contributed by atoms with Gasteiger partial charge in [0.25, 0.3) is 5.69 Å². The van der Waals surface area contributed by atoms with E-state index in [2.05, 4.69) is 21.0 Å². The van der Waals surface area contributed by atoms with Crippen LogP contribution in [0.3, 0.4) is 0 Å². The van der Waals surface area contributed by atoms with Crippen molar-refractivity contribution in [2.45, 2.75) is 5.33 Å². The number of nitro benzene ring substituents is 1. The van der Waals surface area contributed by atoms with Crippen LogP contribution in [0.15, 0.2) is 36.5 Å². The number of hydrogen-bond donors (Lipinski definition) is 0. The molecule has 0 atom stereocenters. The third kappa shape index (κ3) is 2.11. The maximum atomic E-state index is 10.6. The smallest absolute Gasteiger partial charge is 0.258 e. The number of alkyl halides is 1. The summed E-state index contributed by atoms with van der Waals surface area (Å²) >= 11 is 3.30. The lowest BCUT2D eigenvalue weighted by Crippen LogP contribution is -1.97. The quantitative estimate of drug-likeness (QED) is 0.494. The van der Waals surface area contributed by atoms with Gasteiger partial charge in [0.15, 0.2) is 0 Å². The molecule has 1 heterocycles. The zero-order valence-corrected chi connectivity index (χ0v) is 9.79. The van der Waals surface area contributed by atoms with Gasteiger partial charge in [0.2, 0.25) is 0 Å². The second kappa shape index (κ2) is 4.44. The highest BCUT2D eigenvalue weighted by molar-refractivity contribution is 9.08. The second-order valence-corrected chi connectivity index (χ2v) is 3.72. The summed E-state index contributed by atoms with van der Waals surface area (Å²) in [6, 6.07) is 8.22. The summed E-state index contributed by atoms with van der Waals surface area (Å²) in [5.74, 6) is 0. The fraction of sp³-hybridized carbons (Fsp3) is 0.100. The molecule has 0 spiro atoms. The Morgan fingerprint density at radius 1 is 1.44 bits per heavy atom. The third-order valence-corrected chi connectivity index (χ3v) is 2.66. The van der Waals surface area contributed by atoms with Crippen LogP contribution in [0.4, 0.5) is 5.69 Å². The van der Waals surface area contributed by atoms with Gasteiger partial charge in [0, 0.05) is 23.7 Å². The number of halogens is 1. The SMILES string of the molecule is O=[N+]([O-])c1cccc(-n2ccc(CBr)n2)c1. The lowest BCUT2D eigenvalue weighted by atomic mass is 10.3. The molecule has 0 fully saturated rings. The topological polar surface area (TPSA) is 61.0 Å². The molecule has 0 N–H and O–H groups in total. The summed E-state index contributed by atoms with van der Waals surface area (Å²) < 4.78 is 1.61. The molecular formula is C10H8BrN3O2. The first kappa shape index (κ1) is 10.8. The van der Waals surface area contributed by atoms with Crippen LogP contribution in [0.5, 0.6) is 0 Å². The van der Waals surface area contributed by atoms with Crippen LogP contribution in [0.2, 0.25) is 0 Å². The third-order valence-electron chi connectivity index (χ3n) is 2.09. The van der Waals surface area contributed by atoms with Gasteiger partial charge in [-0.2, -0.15) is 5.10 Å². The Labute approximate surface area is 100.0 Å². The number of rotatable bonds is 3. The van der Waals surface area contributed by atoms with Gasteiger partial charge in [-0.3, -0.25) is 10.1 Å². The Morgan fingerprint density at radius 2 is 2.25 bits per heavy atom. The molecule has 0 saturated carbocycles. The number of benzene rings is 1. The molecule has 0 bridgehead atoms. The number of aromatic nitrogens is 2. The van der Waals surface area contributed by atoms with Gasteiger partial charge >= 0.3 is 0 Å². The number of nitrogens with zero attached hydrogens (tertiary/aromatic N) is 3. The second-order valence-electron chi connectivity index (χ2n) is 3.16. The predicted molar refractivity (Wildman–Crippen MR) is 62.8 cm³/mol. The van der Waals surface area contributed by atoms with E-state index in [0.29, 0.717) is 11.0 Å². The first-order chi connectivity index (χ1) is 7.70. The van der Waals surface area contributed by atoms with Crippen molar-refractivity contribution in [3.05, 3.63) is 52.3 Å². The monoisotopic (exact) mass is 281 g/mol. The Kier molecular flexibility index (Phi) is 3.00. The molecule has 2 aromatic rings. The maximum absolute atomic E-state index is 10.6. The van der Waals surface area contributed by atoms with Gasteiger partial charge < -0.3 is 0 Å². The molecule has 0 unspecified atom stereocenters. The van der Waals surface area contributed by atoms with Crippen LogP contribution in [0.1, 0.15) is 5.69 Å². The van der Waals surface area contributed by atoms with E-state index in [1.807, 2.05) is 6.07 Å². The molecule has 1 aromatic carbocycles. The van der Waals surface area contributed by atoms with Crippen molar-refractivity contribution in [2.24, 2.45) is 0 Å². The molecule has 0 saturated heterocycles. The van der Waals surface area contributed by atoms with Crippen molar-refractivity contribution in [3.63, 3.8) is 0 Å². The van der Waals surface area contributed by atoms with Crippen LogP contribution in [0.25, 0.3) is 5.69 Å². The van der Waals surface area contributed by atoms with Crippen molar-refractivity contribution >= 4 is 21.6 Å². The minimum Gasteiger partial charge on any atom is -0.258 e. The highest BCUT2D eigenvalue weighted by Gasteiger charge is 2.07. The van der Waals surface area contributed by atoms with E-state index in [4.69, 9.17) is 0 Å². The Hall–Kier alpha value is -1.69. The molecule has 16 heavy (non-hydrogen) atoms. The Morgan fingerprint density at radius 3 is 2.88 bits per heavy atom. The van der Waals surface area contributed by atoms with Gasteiger partial charge in [-0.05, 0) is 12.1 Å². The van der Waals surface area contributed by atoms with Gasteiger partial charge in [-0.25, -0.2) is 4.68 Å². The number of nitro groups is 1. The zero-order chi connectivity index (χ0) is 11.5. The summed E-state index contributed by atoms with van der Waals surface area (Å²) in [7, 11) is 0. The van der Waals surface area contributed by atoms with Crippen molar-refractivity contribution in [1.82, 2.24) is 9.78 Å². The summed E-state index contributed by atoms with van der Waals surface area (Å²) in [6.07, 6.45) is 1.77. The van der Waals surface area contributed by atoms with E-state index in [1.54, 1.807) is 23.0 Å². The molecule has 5 nitrogen and oxygen atoms in total. The summed E-state index contributed by atoms with van der Waals surface area (Å²) in [6.45, 7) is 0. The molecule has 0 aliphatic rings. The minimum absolute atomic E-state index is 0.0633. The first-order valence-corrected chi connectivity index (χ1v) is 5.68. The van der Waals surface area contributed by atoms with Crippen molar-refractivity contribution < 1.29 is 4.92 Å². The number of hydrogen-bond acceptors (Lipinski definition) is 3. The average Bonchev–Trinajstić information content (AvgIpc) is 2.77. The standard InChI is InChI=1S/C10H8BrN3O2/c11-7-8-4-5-13(12-8)9-2-1-3-10(6-9)14(15)16/h1-6H,7H2. The first-order valence-electron chi connectivity index (χ1n) is 4.56. The van der Waals surface area contributed by atoms with Crippen molar-refractivity contribution in [1.29, 1.82) is 0 Å². The average molecular weight is 282 g/mol. The van der Waals surface area contributed by atoms with Gasteiger partial charge in [-0.15, -0.1) is 0 Å². The van der Waals surface area contributed by atoms with Crippen LogP contribution in [-0.4, -0.2) is 14.7 Å². The van der Waals surface area contributed by atoms with Gasteiger partial charge in [-0.1, -0.05) is 22.0 Å². The molecule has 0 amide bonds. The lowest BCUT2D eigenvalue weighted by Gasteiger charge is -2.00. The van der Waals surface area contributed by atoms with E-state index in [0.717, 1.165) is 5.69 Å². The largest absolute Gasteiger partial charge is 0.271 e. The van der Waals surface area contributed by atoms with Crippen LogP contribution >= 0.6 is 15.9 Å². The molecule has 0 aliphatic carbocycles. The molecule has 0 radical (unpaired) electrons. The van der Waals surface area contributed by atoms with Crippen LogP contribution in [0, 0.1) is 10.1 Å². The normalized spacial score (nSPS) is 10.3. The summed E-state index contributed by atoms with van der Waals surface area (Å²) in [5, 5.41) is 15.5. The lowest BCUT2D eigenvalue weighted by molar-refractivity contribution is -0.384. The van der Waals surface area contributed by atoms with Crippen molar-refractivity contribution in [3.8, 4) is 5.69 Å². The molecule has 82 valence electrons. The minimum atomic E-state index is -0.418. The predicted octanol–water partition coefficient (Wildman–Crippen LogP) is 2.68. The van der Waals surface area contributed by atoms with Crippen molar-refractivity contribution in [2.75, 3.05) is 0 Å². The van der Waals surface area contributed by atoms with Crippen LogP contribution < -0.4 is 0 Å². The molecular weight excluding hydrogens is 274 g/mol.